The second-order valence-electron chi connectivity index (χ2n) is 4.71. The Labute approximate surface area is 138 Å². The topological polar surface area (TPSA) is 81.4 Å². The lowest BCUT2D eigenvalue weighted by atomic mass is 10.3. The molecule has 2 heterocycles. The molecule has 0 aliphatic rings. The van der Waals surface area contributed by atoms with E-state index in [4.69, 9.17) is 4.74 Å². The second-order valence-corrected chi connectivity index (χ2v) is 6.03. The molecule has 122 valence electrons. The maximum atomic E-state index is 11.3. The third kappa shape index (κ3) is 4.26. The number of rotatable bonds is 8. The van der Waals surface area contributed by atoms with Crippen molar-refractivity contribution in [3.63, 3.8) is 0 Å². The van der Waals surface area contributed by atoms with Gasteiger partial charge >= 0.3 is 5.69 Å². The van der Waals surface area contributed by atoms with Gasteiger partial charge in [-0.1, -0.05) is 12.7 Å². The van der Waals surface area contributed by atoms with Crippen LogP contribution in [0.25, 0.3) is 0 Å². The standard InChI is InChI=1S/C15H18N4O3S/c1-4-8-22-14-7-6-13(19(20)21)15(17-14)18(5-2)10-12-9-16-11(3)23-12/h4,6-7,9H,1,5,8,10H2,2-3H3. The van der Waals surface area contributed by atoms with Crippen LogP contribution in [-0.4, -0.2) is 28.0 Å². The molecule has 2 aromatic heterocycles. The molecular weight excluding hydrogens is 316 g/mol. The van der Waals surface area contributed by atoms with Gasteiger partial charge < -0.3 is 9.64 Å². The first-order chi connectivity index (χ1) is 11.0. The summed E-state index contributed by atoms with van der Waals surface area (Å²) in [7, 11) is 0. The minimum absolute atomic E-state index is 0.0426. The van der Waals surface area contributed by atoms with Crippen molar-refractivity contribution in [2.45, 2.75) is 20.4 Å². The molecule has 0 aromatic carbocycles. The Morgan fingerprint density at radius 1 is 1.52 bits per heavy atom. The highest BCUT2D eigenvalue weighted by atomic mass is 32.1. The summed E-state index contributed by atoms with van der Waals surface area (Å²) < 4.78 is 5.39. The van der Waals surface area contributed by atoms with Crippen LogP contribution in [0.1, 0.15) is 16.8 Å². The van der Waals surface area contributed by atoms with E-state index in [0.29, 0.717) is 31.4 Å². The van der Waals surface area contributed by atoms with Gasteiger partial charge in [-0.3, -0.25) is 10.1 Å². The van der Waals surface area contributed by atoms with Crippen molar-refractivity contribution in [1.29, 1.82) is 0 Å². The largest absolute Gasteiger partial charge is 0.473 e. The van der Waals surface area contributed by atoms with Crippen molar-refractivity contribution in [3.05, 3.63) is 51.0 Å². The predicted octanol–water partition coefficient (Wildman–Crippen LogP) is 3.35. The van der Waals surface area contributed by atoms with E-state index in [1.807, 2.05) is 18.7 Å². The van der Waals surface area contributed by atoms with Gasteiger partial charge in [0.1, 0.15) is 6.61 Å². The van der Waals surface area contributed by atoms with Crippen LogP contribution >= 0.6 is 11.3 Å². The number of nitrogens with zero attached hydrogens (tertiary/aromatic N) is 4. The van der Waals surface area contributed by atoms with E-state index in [9.17, 15) is 10.1 Å². The van der Waals surface area contributed by atoms with E-state index in [-0.39, 0.29) is 5.69 Å². The number of pyridine rings is 1. The number of thiazole rings is 1. The normalized spacial score (nSPS) is 10.3. The molecular formula is C15H18N4O3S. The first kappa shape index (κ1) is 16.9. The molecule has 0 spiro atoms. The first-order valence-corrected chi connectivity index (χ1v) is 7.92. The molecule has 0 aliphatic heterocycles. The number of hydrogen-bond acceptors (Lipinski definition) is 7. The first-order valence-electron chi connectivity index (χ1n) is 7.10. The van der Waals surface area contributed by atoms with E-state index in [0.717, 1.165) is 9.88 Å². The zero-order valence-corrected chi connectivity index (χ0v) is 13.9. The quantitative estimate of drug-likeness (QED) is 0.418. The Morgan fingerprint density at radius 2 is 2.30 bits per heavy atom. The zero-order chi connectivity index (χ0) is 16.8. The van der Waals surface area contributed by atoms with Crippen molar-refractivity contribution < 1.29 is 9.66 Å². The van der Waals surface area contributed by atoms with Gasteiger partial charge in [0.25, 0.3) is 0 Å². The van der Waals surface area contributed by atoms with Crippen LogP contribution in [0.5, 0.6) is 5.88 Å². The van der Waals surface area contributed by atoms with Crippen LogP contribution in [-0.2, 0) is 6.54 Å². The highest BCUT2D eigenvalue weighted by molar-refractivity contribution is 7.11. The minimum Gasteiger partial charge on any atom is -0.473 e. The van der Waals surface area contributed by atoms with E-state index >= 15 is 0 Å². The van der Waals surface area contributed by atoms with Gasteiger partial charge in [0.15, 0.2) is 0 Å². The summed E-state index contributed by atoms with van der Waals surface area (Å²) >= 11 is 1.56. The van der Waals surface area contributed by atoms with Crippen LogP contribution < -0.4 is 9.64 Å². The molecule has 0 radical (unpaired) electrons. The number of anilines is 1. The SMILES string of the molecule is C=CCOc1ccc([N+](=O)[O-])c(N(CC)Cc2cnc(C)s2)n1. The Kier molecular flexibility index (Phi) is 5.64. The average molecular weight is 334 g/mol. The van der Waals surface area contributed by atoms with Crippen molar-refractivity contribution in [2.24, 2.45) is 0 Å². The lowest BCUT2D eigenvalue weighted by Gasteiger charge is -2.21. The van der Waals surface area contributed by atoms with Gasteiger partial charge in [-0.05, 0) is 13.8 Å². The Bertz CT molecular complexity index is 702. The zero-order valence-electron chi connectivity index (χ0n) is 13.1. The molecule has 0 amide bonds. The maximum Gasteiger partial charge on any atom is 0.311 e. The number of nitro groups is 1. The van der Waals surface area contributed by atoms with E-state index in [1.54, 1.807) is 23.6 Å². The summed E-state index contributed by atoms with van der Waals surface area (Å²) in [5.74, 6) is 0.634. The van der Waals surface area contributed by atoms with Crippen molar-refractivity contribution in [3.8, 4) is 5.88 Å². The van der Waals surface area contributed by atoms with Crippen LogP contribution in [0.4, 0.5) is 11.5 Å². The van der Waals surface area contributed by atoms with E-state index < -0.39 is 4.92 Å². The molecule has 7 nitrogen and oxygen atoms in total. The van der Waals surface area contributed by atoms with Crippen LogP contribution in [0.2, 0.25) is 0 Å². The molecule has 0 aliphatic carbocycles. The van der Waals surface area contributed by atoms with Gasteiger partial charge in [-0.15, -0.1) is 11.3 Å². The maximum absolute atomic E-state index is 11.3. The fraction of sp³-hybridized carbons (Fsp3) is 0.333. The van der Waals surface area contributed by atoms with Gasteiger partial charge in [-0.2, -0.15) is 4.98 Å². The summed E-state index contributed by atoms with van der Waals surface area (Å²) in [6, 6.07) is 2.91. The second kappa shape index (κ2) is 7.68. The fourth-order valence-corrected chi connectivity index (χ4v) is 2.84. The predicted molar refractivity (Wildman–Crippen MR) is 90.2 cm³/mol. The lowest BCUT2D eigenvalue weighted by molar-refractivity contribution is -0.384. The van der Waals surface area contributed by atoms with Crippen LogP contribution in [0.15, 0.2) is 31.0 Å². The fourth-order valence-electron chi connectivity index (χ4n) is 2.03. The molecule has 0 N–H and O–H groups in total. The summed E-state index contributed by atoms with van der Waals surface area (Å²) in [6.07, 6.45) is 3.38. The average Bonchev–Trinajstić information content (AvgIpc) is 2.95. The van der Waals surface area contributed by atoms with Gasteiger partial charge in [-0.25, -0.2) is 4.98 Å². The molecule has 2 rings (SSSR count). The van der Waals surface area contributed by atoms with E-state index in [1.165, 1.54) is 12.1 Å². The molecule has 0 saturated heterocycles. The van der Waals surface area contributed by atoms with E-state index in [2.05, 4.69) is 16.5 Å². The summed E-state index contributed by atoms with van der Waals surface area (Å²) in [4.78, 5) is 22.2. The molecule has 0 fully saturated rings. The number of aryl methyl sites for hydroxylation is 1. The van der Waals surface area contributed by atoms with Crippen LogP contribution in [0.3, 0.4) is 0 Å². The van der Waals surface area contributed by atoms with Gasteiger partial charge in [0, 0.05) is 29.8 Å². The van der Waals surface area contributed by atoms with Crippen molar-refractivity contribution >= 4 is 22.8 Å². The highest BCUT2D eigenvalue weighted by Gasteiger charge is 2.22. The molecule has 0 unspecified atom stereocenters. The summed E-state index contributed by atoms with van der Waals surface area (Å²) in [6.45, 7) is 8.82. The van der Waals surface area contributed by atoms with Crippen molar-refractivity contribution in [1.82, 2.24) is 9.97 Å². The van der Waals surface area contributed by atoms with Crippen molar-refractivity contribution in [2.75, 3.05) is 18.1 Å². The summed E-state index contributed by atoms with van der Waals surface area (Å²) in [5, 5.41) is 12.3. The van der Waals surface area contributed by atoms with Crippen LogP contribution in [0, 0.1) is 17.0 Å². The summed E-state index contributed by atoms with van der Waals surface area (Å²) in [5.41, 5.74) is -0.0426. The Balaban J connectivity index is 2.34. The number of hydrogen-bond donors (Lipinski definition) is 0. The highest BCUT2D eigenvalue weighted by Crippen LogP contribution is 2.30. The minimum atomic E-state index is -0.430. The monoisotopic (exact) mass is 334 g/mol. The smallest absolute Gasteiger partial charge is 0.311 e. The third-order valence-corrected chi connectivity index (χ3v) is 3.97. The lowest BCUT2D eigenvalue weighted by Crippen LogP contribution is -2.23. The van der Waals surface area contributed by atoms with Gasteiger partial charge in [0.2, 0.25) is 11.7 Å². The molecule has 2 aromatic rings. The molecule has 8 heteroatoms. The molecule has 0 saturated carbocycles. The van der Waals surface area contributed by atoms with Gasteiger partial charge in [0.05, 0.1) is 16.5 Å². The number of aromatic nitrogens is 2. The Hall–Kier alpha value is -2.48. The molecule has 0 bridgehead atoms. The molecule has 0 atom stereocenters. The number of ether oxygens (including phenoxy) is 1. The third-order valence-electron chi connectivity index (χ3n) is 3.07. The Morgan fingerprint density at radius 3 is 2.87 bits per heavy atom. The molecule has 23 heavy (non-hydrogen) atoms.